The maximum absolute atomic E-state index is 11.8. The third kappa shape index (κ3) is 5.84. The van der Waals surface area contributed by atoms with E-state index in [-0.39, 0.29) is 58.2 Å². The van der Waals surface area contributed by atoms with Gasteiger partial charge in [0.25, 0.3) is 0 Å². The molecule has 0 N–H and O–H groups in total. The fourth-order valence-corrected chi connectivity index (χ4v) is 1.32. The lowest BCUT2D eigenvalue weighted by molar-refractivity contribution is -0.683. The number of Topliss-reactive ketones (excluding diaryl/α,β-unsaturated/α-hetero) is 1. The van der Waals surface area contributed by atoms with Crippen molar-refractivity contribution in [2.75, 3.05) is 0 Å². The highest BCUT2D eigenvalue weighted by molar-refractivity contribution is 8.93. The van der Waals surface area contributed by atoms with Crippen molar-refractivity contribution in [3.05, 3.63) is 60.7 Å². The second-order valence-electron chi connectivity index (χ2n) is 3.21. The smallest absolute Gasteiger partial charge is 0.229 e. The quantitative estimate of drug-likeness (QED) is 0.540. The van der Waals surface area contributed by atoms with Crippen LogP contribution >= 0.6 is 50.9 Å². The molecule has 0 aromatic carbocycles. The number of carbonyl (C=O) groups is 1. The molecule has 0 fully saturated rings. The molecule has 2 rings (SSSR count). The summed E-state index contributed by atoms with van der Waals surface area (Å²) in [6, 6.07) is 9.26. The molecule has 0 radical (unpaired) electrons. The number of hydrogen-bond acceptors (Lipinski definition) is 2. The Kier molecular flexibility index (Phi) is 11.3. The van der Waals surface area contributed by atoms with E-state index in [1.54, 1.807) is 24.5 Å². The number of ketones is 1. The molecule has 0 aliphatic heterocycles. The van der Waals surface area contributed by atoms with Gasteiger partial charge in [-0.05, 0) is 12.1 Å². The van der Waals surface area contributed by atoms with E-state index in [0.717, 1.165) is 0 Å². The number of carbonyl (C=O) groups excluding carboxylic acids is 1. The lowest BCUT2D eigenvalue weighted by Gasteiger charge is -1.96. The van der Waals surface area contributed by atoms with Gasteiger partial charge in [-0.1, -0.05) is 6.07 Å². The first kappa shape index (κ1) is 19.7. The van der Waals surface area contributed by atoms with E-state index < -0.39 is 0 Å². The summed E-state index contributed by atoms with van der Waals surface area (Å²) in [7, 11) is 0. The van der Waals surface area contributed by atoms with E-state index in [9.17, 15) is 4.79 Å². The molecule has 0 saturated carbocycles. The highest BCUT2D eigenvalue weighted by Crippen LogP contribution is 1.96. The lowest BCUT2D eigenvalue weighted by atomic mass is 10.2. The SMILES string of the molecule is Br.Br.Br.O=C(C[n+]1ccccc1)c1cccnc1.[H-]. The minimum atomic E-state index is 0. The van der Waals surface area contributed by atoms with Crippen molar-refractivity contribution in [3.8, 4) is 0 Å². The van der Waals surface area contributed by atoms with Crippen LogP contribution in [0.4, 0.5) is 0 Å². The van der Waals surface area contributed by atoms with Gasteiger partial charge in [-0.2, -0.15) is 4.57 Å². The average molecular weight is 443 g/mol. The van der Waals surface area contributed by atoms with E-state index in [0.29, 0.717) is 12.1 Å². The summed E-state index contributed by atoms with van der Waals surface area (Å²) >= 11 is 0. The zero-order valence-electron chi connectivity index (χ0n) is 10.4. The molecular formula is C12H15Br3N2O. The van der Waals surface area contributed by atoms with Crippen LogP contribution in [0.2, 0.25) is 0 Å². The minimum absolute atomic E-state index is 0. The minimum Gasteiger partial charge on any atom is -1.00 e. The van der Waals surface area contributed by atoms with Gasteiger partial charge < -0.3 is 1.43 Å². The van der Waals surface area contributed by atoms with E-state index >= 15 is 0 Å². The van der Waals surface area contributed by atoms with Gasteiger partial charge in [0.05, 0.1) is 0 Å². The van der Waals surface area contributed by atoms with Gasteiger partial charge in [-0.15, -0.1) is 50.9 Å². The second kappa shape index (κ2) is 10.3. The molecule has 2 aromatic rings. The van der Waals surface area contributed by atoms with Crippen molar-refractivity contribution >= 4 is 56.7 Å². The van der Waals surface area contributed by atoms with Crippen LogP contribution in [0.5, 0.6) is 0 Å². The lowest BCUT2D eigenvalue weighted by Crippen LogP contribution is -2.36. The maximum atomic E-state index is 11.8. The largest absolute Gasteiger partial charge is 1.00 e. The Morgan fingerprint density at radius 2 is 1.78 bits per heavy atom. The maximum Gasteiger partial charge on any atom is 0.229 e. The van der Waals surface area contributed by atoms with Crippen molar-refractivity contribution in [3.63, 3.8) is 0 Å². The molecule has 0 unspecified atom stereocenters. The molecule has 0 aliphatic rings. The number of halogens is 3. The summed E-state index contributed by atoms with van der Waals surface area (Å²) in [5, 5.41) is 0. The summed E-state index contributed by atoms with van der Waals surface area (Å²) in [5.41, 5.74) is 0.647. The van der Waals surface area contributed by atoms with Crippen molar-refractivity contribution in [1.82, 2.24) is 4.98 Å². The topological polar surface area (TPSA) is 33.8 Å². The van der Waals surface area contributed by atoms with Gasteiger partial charge in [0, 0.05) is 30.1 Å². The van der Waals surface area contributed by atoms with Crippen LogP contribution in [0.3, 0.4) is 0 Å². The van der Waals surface area contributed by atoms with Crippen LogP contribution in [-0.2, 0) is 6.54 Å². The molecule has 0 saturated heterocycles. The van der Waals surface area contributed by atoms with Crippen molar-refractivity contribution in [1.29, 1.82) is 0 Å². The van der Waals surface area contributed by atoms with Crippen LogP contribution in [0.25, 0.3) is 0 Å². The number of pyridine rings is 2. The van der Waals surface area contributed by atoms with Crippen LogP contribution in [-0.4, -0.2) is 10.8 Å². The first-order valence-electron chi connectivity index (χ1n) is 4.73. The fraction of sp³-hybridized carbons (Fsp3) is 0.0833. The Balaban J connectivity index is -0.000000640. The number of hydrogen-bond donors (Lipinski definition) is 0. The first-order valence-corrected chi connectivity index (χ1v) is 4.73. The highest BCUT2D eigenvalue weighted by atomic mass is 79.9. The Labute approximate surface area is 139 Å². The molecule has 0 spiro atoms. The van der Waals surface area contributed by atoms with E-state index in [4.69, 9.17) is 0 Å². The summed E-state index contributed by atoms with van der Waals surface area (Å²) < 4.78 is 1.84. The Hall–Kier alpha value is -0.590. The molecule has 0 bridgehead atoms. The zero-order valence-corrected chi connectivity index (χ0v) is 14.6. The van der Waals surface area contributed by atoms with Crippen LogP contribution in [0.1, 0.15) is 11.8 Å². The third-order valence-electron chi connectivity index (χ3n) is 2.09. The van der Waals surface area contributed by atoms with Crippen molar-refractivity contribution < 1.29 is 10.8 Å². The average Bonchev–Trinajstić information content (AvgIpc) is 2.31. The molecule has 0 aliphatic carbocycles. The second-order valence-corrected chi connectivity index (χ2v) is 3.21. The zero-order chi connectivity index (χ0) is 10.5. The van der Waals surface area contributed by atoms with E-state index in [1.165, 1.54) is 0 Å². The molecule has 6 heteroatoms. The molecule has 2 aromatic heterocycles. The summed E-state index contributed by atoms with van der Waals surface area (Å²) in [6.07, 6.45) is 6.99. The van der Waals surface area contributed by atoms with Crippen molar-refractivity contribution in [2.24, 2.45) is 0 Å². The fourth-order valence-electron chi connectivity index (χ4n) is 1.32. The normalized spacial score (nSPS) is 8.22. The summed E-state index contributed by atoms with van der Waals surface area (Å²) in [6.45, 7) is 0.354. The number of rotatable bonds is 3. The molecular weight excluding hydrogens is 428 g/mol. The number of nitrogens with zero attached hydrogens (tertiary/aromatic N) is 2. The van der Waals surface area contributed by atoms with Gasteiger partial charge in [0.1, 0.15) is 0 Å². The predicted octanol–water partition coefficient (Wildman–Crippen LogP) is 3.10. The Bertz CT molecular complexity index is 457. The monoisotopic (exact) mass is 440 g/mol. The first-order chi connectivity index (χ1) is 7.36. The third-order valence-corrected chi connectivity index (χ3v) is 2.09. The molecule has 100 valence electrons. The Morgan fingerprint density at radius 3 is 2.33 bits per heavy atom. The van der Waals surface area contributed by atoms with Gasteiger partial charge in [-0.25, -0.2) is 0 Å². The van der Waals surface area contributed by atoms with Crippen LogP contribution in [0, 0.1) is 0 Å². The van der Waals surface area contributed by atoms with E-state index in [1.807, 2.05) is 35.2 Å². The van der Waals surface area contributed by atoms with Gasteiger partial charge in [0.15, 0.2) is 12.4 Å². The molecule has 2 heterocycles. The van der Waals surface area contributed by atoms with Gasteiger partial charge in [0.2, 0.25) is 12.3 Å². The van der Waals surface area contributed by atoms with Crippen LogP contribution in [0.15, 0.2) is 55.1 Å². The molecule has 18 heavy (non-hydrogen) atoms. The number of aromatic nitrogens is 2. The van der Waals surface area contributed by atoms with E-state index in [2.05, 4.69) is 4.98 Å². The highest BCUT2D eigenvalue weighted by Gasteiger charge is 2.10. The standard InChI is InChI=1S/C12H11N2O.3BrH.H/c15-12(11-5-4-6-13-9-11)10-14-7-2-1-3-8-14;;;;/h1-9H,10H2;3*1H;/q+1;;;;-1. The molecule has 0 atom stereocenters. The predicted molar refractivity (Wildman–Crippen MR) is 87.3 cm³/mol. The molecule has 0 amide bonds. The van der Waals surface area contributed by atoms with Gasteiger partial charge in [-0.3, -0.25) is 9.78 Å². The van der Waals surface area contributed by atoms with Gasteiger partial charge >= 0.3 is 0 Å². The summed E-state index contributed by atoms with van der Waals surface area (Å²) in [4.78, 5) is 15.7. The van der Waals surface area contributed by atoms with Crippen molar-refractivity contribution in [2.45, 2.75) is 6.54 Å². The summed E-state index contributed by atoms with van der Waals surface area (Å²) in [5.74, 6) is 0.0688. The Morgan fingerprint density at radius 1 is 1.11 bits per heavy atom. The molecule has 3 nitrogen and oxygen atoms in total. The van der Waals surface area contributed by atoms with Crippen LogP contribution < -0.4 is 4.57 Å².